The average Bonchev–Trinajstić information content (AvgIpc) is 2.62. The molecule has 2 heterocycles. The molecular weight excluding hydrogens is 301 g/mol. The Morgan fingerprint density at radius 1 is 0.870 bits per heavy atom. The van der Waals surface area contributed by atoms with Crippen molar-refractivity contribution in [3.05, 3.63) is 30.1 Å². The second-order valence-corrected chi connectivity index (χ2v) is 5.64. The Morgan fingerprint density at radius 2 is 1.43 bits per heavy atom. The Labute approximate surface area is 134 Å². The third-order valence-electron chi connectivity index (χ3n) is 4.24. The van der Waals surface area contributed by atoms with Crippen molar-refractivity contribution in [2.45, 2.75) is 0 Å². The van der Waals surface area contributed by atoms with Crippen LogP contribution in [0, 0.1) is 5.82 Å². The SMILES string of the molecule is O=C(C(=O)N1CCN(c2ccccc2F)CC1)N1CCOCC1. The average molecular weight is 321 g/mol. The topological polar surface area (TPSA) is 53.1 Å². The molecule has 23 heavy (non-hydrogen) atoms. The molecule has 2 fully saturated rings. The fraction of sp³-hybridized carbons (Fsp3) is 0.500. The fourth-order valence-corrected chi connectivity index (χ4v) is 2.90. The molecule has 1 aromatic carbocycles. The summed E-state index contributed by atoms with van der Waals surface area (Å²) < 4.78 is 19.0. The standard InChI is InChI=1S/C16H20FN3O3/c17-13-3-1-2-4-14(13)18-5-7-19(8-6-18)15(21)16(22)20-9-11-23-12-10-20/h1-4H,5-12H2. The predicted octanol–water partition coefficient (Wildman–Crippen LogP) is 0.333. The highest BCUT2D eigenvalue weighted by atomic mass is 19.1. The van der Waals surface area contributed by atoms with E-state index in [0.29, 0.717) is 58.2 Å². The zero-order valence-corrected chi connectivity index (χ0v) is 12.9. The van der Waals surface area contributed by atoms with Crippen LogP contribution in [0.5, 0.6) is 0 Å². The normalized spacial score (nSPS) is 18.9. The van der Waals surface area contributed by atoms with Gasteiger partial charge in [-0.05, 0) is 12.1 Å². The lowest BCUT2D eigenvalue weighted by Crippen LogP contribution is -2.54. The van der Waals surface area contributed by atoms with Crippen LogP contribution in [0.4, 0.5) is 10.1 Å². The fourth-order valence-electron chi connectivity index (χ4n) is 2.90. The summed E-state index contributed by atoms with van der Waals surface area (Å²) in [5, 5.41) is 0. The summed E-state index contributed by atoms with van der Waals surface area (Å²) >= 11 is 0. The summed E-state index contributed by atoms with van der Waals surface area (Å²) in [4.78, 5) is 29.5. The van der Waals surface area contributed by atoms with E-state index >= 15 is 0 Å². The van der Waals surface area contributed by atoms with Gasteiger partial charge in [0, 0.05) is 39.3 Å². The number of nitrogens with zero attached hydrogens (tertiary/aromatic N) is 3. The summed E-state index contributed by atoms with van der Waals surface area (Å²) in [5.74, 6) is -1.20. The van der Waals surface area contributed by atoms with Gasteiger partial charge in [-0.15, -0.1) is 0 Å². The molecule has 2 saturated heterocycles. The van der Waals surface area contributed by atoms with Crippen molar-refractivity contribution >= 4 is 17.5 Å². The summed E-state index contributed by atoms with van der Waals surface area (Å²) in [6.07, 6.45) is 0. The highest BCUT2D eigenvalue weighted by Gasteiger charge is 2.30. The Morgan fingerprint density at radius 3 is 2.04 bits per heavy atom. The van der Waals surface area contributed by atoms with E-state index in [1.807, 2.05) is 4.90 Å². The maximum Gasteiger partial charge on any atom is 0.312 e. The number of carbonyl (C=O) groups excluding carboxylic acids is 2. The second-order valence-electron chi connectivity index (χ2n) is 5.64. The third kappa shape index (κ3) is 3.44. The maximum absolute atomic E-state index is 13.8. The largest absolute Gasteiger partial charge is 0.378 e. The number of halogens is 1. The molecule has 0 radical (unpaired) electrons. The van der Waals surface area contributed by atoms with E-state index in [9.17, 15) is 14.0 Å². The number of rotatable bonds is 1. The number of anilines is 1. The van der Waals surface area contributed by atoms with Gasteiger partial charge < -0.3 is 19.4 Å². The van der Waals surface area contributed by atoms with Crippen molar-refractivity contribution in [2.24, 2.45) is 0 Å². The molecule has 0 N–H and O–H groups in total. The minimum absolute atomic E-state index is 0.267. The van der Waals surface area contributed by atoms with Crippen LogP contribution >= 0.6 is 0 Å². The second kappa shape index (κ2) is 6.95. The van der Waals surface area contributed by atoms with Gasteiger partial charge in [-0.1, -0.05) is 12.1 Å². The molecule has 2 aliphatic rings. The van der Waals surface area contributed by atoms with E-state index in [0.717, 1.165) is 0 Å². The lowest BCUT2D eigenvalue weighted by Gasteiger charge is -2.37. The van der Waals surface area contributed by atoms with Crippen LogP contribution < -0.4 is 4.90 Å². The first-order chi connectivity index (χ1) is 11.2. The van der Waals surface area contributed by atoms with Gasteiger partial charge in [0.1, 0.15) is 5.82 Å². The van der Waals surface area contributed by atoms with E-state index in [1.54, 1.807) is 23.1 Å². The smallest absolute Gasteiger partial charge is 0.312 e. The summed E-state index contributed by atoms with van der Waals surface area (Å²) in [7, 11) is 0. The first kappa shape index (κ1) is 15.7. The molecule has 0 unspecified atom stereocenters. The predicted molar refractivity (Wildman–Crippen MR) is 82.6 cm³/mol. The third-order valence-corrected chi connectivity index (χ3v) is 4.24. The van der Waals surface area contributed by atoms with Crippen molar-refractivity contribution < 1.29 is 18.7 Å². The van der Waals surface area contributed by atoms with Gasteiger partial charge in [0.05, 0.1) is 18.9 Å². The Hall–Kier alpha value is -2.15. The van der Waals surface area contributed by atoms with Crippen LogP contribution in [-0.4, -0.2) is 74.1 Å². The summed E-state index contributed by atoms with van der Waals surface area (Å²) in [6, 6.07) is 6.60. The quantitative estimate of drug-likeness (QED) is 0.700. The van der Waals surface area contributed by atoms with E-state index in [4.69, 9.17) is 4.74 Å². The zero-order valence-electron chi connectivity index (χ0n) is 12.9. The number of ether oxygens (including phenoxy) is 1. The van der Waals surface area contributed by atoms with Gasteiger partial charge in [-0.2, -0.15) is 0 Å². The van der Waals surface area contributed by atoms with Gasteiger partial charge in [-0.25, -0.2) is 4.39 Å². The minimum Gasteiger partial charge on any atom is -0.378 e. The van der Waals surface area contributed by atoms with Crippen LogP contribution in [0.15, 0.2) is 24.3 Å². The van der Waals surface area contributed by atoms with Gasteiger partial charge >= 0.3 is 11.8 Å². The molecule has 0 bridgehead atoms. The van der Waals surface area contributed by atoms with Gasteiger partial charge in [-0.3, -0.25) is 9.59 Å². The number of para-hydroxylation sites is 1. The van der Waals surface area contributed by atoms with E-state index in [-0.39, 0.29) is 5.82 Å². The number of piperazine rings is 1. The number of hydrogen-bond donors (Lipinski definition) is 0. The number of hydrogen-bond acceptors (Lipinski definition) is 4. The van der Waals surface area contributed by atoms with Crippen molar-refractivity contribution in [3.63, 3.8) is 0 Å². The monoisotopic (exact) mass is 321 g/mol. The minimum atomic E-state index is -0.472. The van der Waals surface area contributed by atoms with Crippen LogP contribution in [0.1, 0.15) is 0 Å². The molecule has 1 aromatic rings. The molecule has 0 saturated carbocycles. The molecule has 0 spiro atoms. The number of benzene rings is 1. The molecule has 6 nitrogen and oxygen atoms in total. The molecule has 0 atom stereocenters. The van der Waals surface area contributed by atoms with Crippen LogP contribution in [0.3, 0.4) is 0 Å². The Balaban J connectivity index is 1.57. The van der Waals surface area contributed by atoms with E-state index < -0.39 is 11.8 Å². The molecule has 7 heteroatoms. The van der Waals surface area contributed by atoms with Crippen LogP contribution in [0.2, 0.25) is 0 Å². The molecule has 0 aliphatic carbocycles. The van der Waals surface area contributed by atoms with E-state index in [2.05, 4.69) is 0 Å². The van der Waals surface area contributed by atoms with Crippen molar-refractivity contribution in [1.82, 2.24) is 9.80 Å². The molecule has 2 amide bonds. The van der Waals surface area contributed by atoms with E-state index in [1.165, 1.54) is 11.0 Å². The first-order valence-electron chi connectivity index (χ1n) is 7.82. The lowest BCUT2D eigenvalue weighted by atomic mass is 10.2. The van der Waals surface area contributed by atoms with Crippen LogP contribution in [0.25, 0.3) is 0 Å². The Bertz CT molecular complexity index is 582. The number of morpholine rings is 1. The molecule has 124 valence electrons. The maximum atomic E-state index is 13.8. The zero-order chi connectivity index (χ0) is 16.2. The summed E-state index contributed by atoms with van der Waals surface area (Å²) in [6.45, 7) is 3.73. The summed E-state index contributed by atoms with van der Waals surface area (Å²) in [5.41, 5.74) is 0.541. The highest BCUT2D eigenvalue weighted by Crippen LogP contribution is 2.20. The number of carbonyl (C=O) groups is 2. The highest BCUT2D eigenvalue weighted by molar-refractivity contribution is 6.34. The lowest BCUT2D eigenvalue weighted by molar-refractivity contribution is -0.154. The molecule has 3 rings (SSSR count). The molecule has 0 aromatic heterocycles. The van der Waals surface area contributed by atoms with Gasteiger partial charge in [0.25, 0.3) is 0 Å². The van der Waals surface area contributed by atoms with Gasteiger partial charge in [0.15, 0.2) is 0 Å². The first-order valence-corrected chi connectivity index (χ1v) is 7.82. The molecular formula is C16H20FN3O3. The van der Waals surface area contributed by atoms with Gasteiger partial charge in [0.2, 0.25) is 0 Å². The van der Waals surface area contributed by atoms with Crippen molar-refractivity contribution in [3.8, 4) is 0 Å². The Kier molecular flexibility index (Phi) is 4.76. The van der Waals surface area contributed by atoms with Crippen molar-refractivity contribution in [2.75, 3.05) is 57.4 Å². The molecule has 2 aliphatic heterocycles. The number of amides is 2. The van der Waals surface area contributed by atoms with Crippen molar-refractivity contribution in [1.29, 1.82) is 0 Å². The van der Waals surface area contributed by atoms with Crippen LogP contribution in [-0.2, 0) is 14.3 Å².